The van der Waals surface area contributed by atoms with Crippen LogP contribution in [-0.4, -0.2) is 54.8 Å². The Balaban J connectivity index is 2.06. The first-order valence-electron chi connectivity index (χ1n) is 7.05. The Kier molecular flexibility index (Phi) is 5.32. The molecule has 1 fully saturated rings. The van der Waals surface area contributed by atoms with Crippen LogP contribution in [0.4, 0.5) is 0 Å². The van der Waals surface area contributed by atoms with Crippen LogP contribution in [0.2, 0.25) is 0 Å². The third-order valence-corrected chi connectivity index (χ3v) is 6.00. The van der Waals surface area contributed by atoms with Crippen molar-refractivity contribution in [1.29, 1.82) is 0 Å². The highest BCUT2D eigenvalue weighted by atomic mass is 32.2. The first-order valence-corrected chi connectivity index (χ1v) is 8.90. The lowest BCUT2D eigenvalue weighted by Crippen LogP contribution is -2.54. The summed E-state index contributed by atoms with van der Waals surface area (Å²) in [6.45, 7) is 4.29. The minimum absolute atomic E-state index is 0.0570. The molecule has 0 spiro atoms. The van der Waals surface area contributed by atoms with Crippen LogP contribution in [0.15, 0.2) is 35.2 Å². The van der Waals surface area contributed by atoms with Crippen molar-refractivity contribution in [3.8, 4) is 0 Å². The zero-order valence-corrected chi connectivity index (χ0v) is 13.7. The topological polar surface area (TPSA) is 66.6 Å². The van der Waals surface area contributed by atoms with E-state index < -0.39 is 10.0 Å². The lowest BCUT2D eigenvalue weighted by Gasteiger charge is -2.38. The zero-order chi connectivity index (χ0) is 15.5. The standard InChI is InChI=1S/C14H21N3O2S2/c1-2-13(14(15)20)16-8-10-17(11-9-16)21(18,19)12-6-4-3-5-7-12/h3-7,13H,2,8-11H2,1H3,(H2,15,20). The van der Waals surface area contributed by atoms with Gasteiger partial charge in [0.15, 0.2) is 0 Å². The Bertz CT molecular complexity index is 581. The number of benzene rings is 1. The third kappa shape index (κ3) is 3.60. The van der Waals surface area contributed by atoms with Gasteiger partial charge in [-0.05, 0) is 18.6 Å². The third-order valence-electron chi connectivity index (χ3n) is 3.81. The summed E-state index contributed by atoms with van der Waals surface area (Å²) in [5.41, 5.74) is 5.75. The fourth-order valence-corrected chi connectivity index (χ4v) is 4.40. The minimum atomic E-state index is -3.40. The number of nitrogens with zero attached hydrogens (tertiary/aromatic N) is 2. The van der Waals surface area contributed by atoms with Crippen LogP contribution in [0.5, 0.6) is 0 Å². The Morgan fingerprint density at radius 3 is 2.29 bits per heavy atom. The Morgan fingerprint density at radius 2 is 1.81 bits per heavy atom. The van der Waals surface area contributed by atoms with E-state index in [2.05, 4.69) is 4.90 Å². The van der Waals surface area contributed by atoms with Crippen LogP contribution in [-0.2, 0) is 10.0 Å². The SMILES string of the molecule is CCC(C(N)=S)N1CCN(S(=O)(=O)c2ccccc2)CC1. The summed E-state index contributed by atoms with van der Waals surface area (Å²) in [4.78, 5) is 3.00. The second kappa shape index (κ2) is 6.83. The minimum Gasteiger partial charge on any atom is -0.392 e. The van der Waals surface area contributed by atoms with Gasteiger partial charge in [0.25, 0.3) is 0 Å². The molecule has 1 atom stereocenters. The summed E-state index contributed by atoms with van der Waals surface area (Å²) in [6.07, 6.45) is 0.848. The van der Waals surface area contributed by atoms with Crippen molar-refractivity contribution in [1.82, 2.24) is 9.21 Å². The van der Waals surface area contributed by atoms with Crippen LogP contribution in [0, 0.1) is 0 Å². The largest absolute Gasteiger partial charge is 0.392 e. The quantitative estimate of drug-likeness (QED) is 0.819. The Labute approximate surface area is 131 Å². The molecule has 1 saturated heterocycles. The van der Waals surface area contributed by atoms with Crippen molar-refractivity contribution in [2.45, 2.75) is 24.3 Å². The Hall–Kier alpha value is -1.02. The summed E-state index contributed by atoms with van der Waals surface area (Å²) < 4.78 is 26.6. The van der Waals surface area contributed by atoms with Crippen molar-refractivity contribution in [2.24, 2.45) is 5.73 Å². The molecule has 1 aromatic rings. The molecule has 1 aromatic carbocycles. The lowest BCUT2D eigenvalue weighted by molar-refractivity contribution is 0.165. The van der Waals surface area contributed by atoms with E-state index >= 15 is 0 Å². The molecular weight excluding hydrogens is 306 g/mol. The number of nitrogens with two attached hydrogens (primary N) is 1. The zero-order valence-electron chi connectivity index (χ0n) is 12.1. The maximum atomic E-state index is 12.5. The van der Waals surface area contributed by atoms with E-state index in [1.54, 1.807) is 24.3 Å². The molecule has 5 nitrogen and oxygen atoms in total. The van der Waals surface area contributed by atoms with E-state index in [4.69, 9.17) is 18.0 Å². The molecule has 0 saturated carbocycles. The van der Waals surface area contributed by atoms with Gasteiger partial charge in [-0.2, -0.15) is 4.31 Å². The molecular formula is C14H21N3O2S2. The number of thiocarbonyl (C=S) groups is 1. The molecule has 1 heterocycles. The number of hydrogen-bond donors (Lipinski definition) is 1. The van der Waals surface area contributed by atoms with E-state index in [9.17, 15) is 8.42 Å². The number of piperazine rings is 1. The lowest BCUT2D eigenvalue weighted by atomic mass is 10.1. The van der Waals surface area contributed by atoms with Gasteiger partial charge in [-0.25, -0.2) is 8.42 Å². The van der Waals surface area contributed by atoms with Crippen molar-refractivity contribution >= 4 is 27.2 Å². The monoisotopic (exact) mass is 327 g/mol. The van der Waals surface area contributed by atoms with Gasteiger partial charge < -0.3 is 5.73 Å². The predicted molar refractivity (Wildman–Crippen MR) is 87.6 cm³/mol. The second-order valence-corrected chi connectivity index (χ2v) is 7.49. The highest BCUT2D eigenvalue weighted by Crippen LogP contribution is 2.18. The molecule has 116 valence electrons. The summed E-state index contributed by atoms with van der Waals surface area (Å²) >= 11 is 5.08. The molecule has 7 heteroatoms. The van der Waals surface area contributed by atoms with Gasteiger partial charge in [0.1, 0.15) is 0 Å². The second-order valence-electron chi connectivity index (χ2n) is 5.08. The van der Waals surface area contributed by atoms with Crippen LogP contribution in [0.3, 0.4) is 0 Å². The van der Waals surface area contributed by atoms with Crippen LogP contribution < -0.4 is 5.73 Å². The maximum Gasteiger partial charge on any atom is 0.243 e. The fraction of sp³-hybridized carbons (Fsp3) is 0.500. The smallest absolute Gasteiger partial charge is 0.243 e. The molecule has 0 radical (unpaired) electrons. The maximum absolute atomic E-state index is 12.5. The van der Waals surface area contributed by atoms with Gasteiger partial charge in [0.05, 0.1) is 15.9 Å². The number of hydrogen-bond acceptors (Lipinski definition) is 4. The molecule has 21 heavy (non-hydrogen) atoms. The number of rotatable bonds is 5. The van der Waals surface area contributed by atoms with Crippen LogP contribution >= 0.6 is 12.2 Å². The van der Waals surface area contributed by atoms with Crippen molar-refractivity contribution in [2.75, 3.05) is 26.2 Å². The summed E-state index contributed by atoms with van der Waals surface area (Å²) in [7, 11) is -3.40. The normalized spacial score (nSPS) is 19.3. The van der Waals surface area contributed by atoms with Gasteiger partial charge in [-0.15, -0.1) is 0 Å². The first kappa shape index (κ1) is 16.4. The summed E-state index contributed by atoms with van der Waals surface area (Å²) in [5, 5.41) is 0. The van der Waals surface area contributed by atoms with Gasteiger partial charge in [-0.3, -0.25) is 4.90 Å². The van der Waals surface area contributed by atoms with E-state index in [0.29, 0.717) is 36.1 Å². The van der Waals surface area contributed by atoms with E-state index in [1.165, 1.54) is 4.31 Å². The molecule has 1 aliphatic rings. The molecule has 0 amide bonds. The molecule has 2 rings (SSSR count). The fourth-order valence-electron chi connectivity index (χ4n) is 2.64. The van der Waals surface area contributed by atoms with Crippen LogP contribution in [0.1, 0.15) is 13.3 Å². The van der Waals surface area contributed by atoms with Gasteiger partial charge in [0.2, 0.25) is 10.0 Å². The van der Waals surface area contributed by atoms with Gasteiger partial charge in [0, 0.05) is 26.2 Å². The highest BCUT2D eigenvalue weighted by Gasteiger charge is 2.31. The summed E-state index contributed by atoms with van der Waals surface area (Å²) in [6, 6.07) is 8.61. The first-order chi connectivity index (χ1) is 9.96. The van der Waals surface area contributed by atoms with Gasteiger partial charge in [-0.1, -0.05) is 37.3 Å². The van der Waals surface area contributed by atoms with E-state index in [1.807, 2.05) is 13.0 Å². The van der Waals surface area contributed by atoms with Crippen molar-refractivity contribution in [3.63, 3.8) is 0 Å². The number of sulfonamides is 1. The molecule has 1 unspecified atom stereocenters. The van der Waals surface area contributed by atoms with E-state index in [0.717, 1.165) is 6.42 Å². The molecule has 2 N–H and O–H groups in total. The highest BCUT2D eigenvalue weighted by molar-refractivity contribution is 7.89. The van der Waals surface area contributed by atoms with Crippen molar-refractivity contribution in [3.05, 3.63) is 30.3 Å². The van der Waals surface area contributed by atoms with Crippen molar-refractivity contribution < 1.29 is 8.42 Å². The summed E-state index contributed by atoms with van der Waals surface area (Å²) in [5.74, 6) is 0. The molecule has 1 aliphatic heterocycles. The Morgan fingerprint density at radius 1 is 1.24 bits per heavy atom. The molecule has 0 bridgehead atoms. The van der Waals surface area contributed by atoms with E-state index in [-0.39, 0.29) is 6.04 Å². The average molecular weight is 327 g/mol. The van der Waals surface area contributed by atoms with Crippen LogP contribution in [0.25, 0.3) is 0 Å². The predicted octanol–water partition coefficient (Wildman–Crippen LogP) is 1.06. The van der Waals surface area contributed by atoms with Gasteiger partial charge >= 0.3 is 0 Å². The molecule has 0 aromatic heterocycles. The average Bonchev–Trinajstić information content (AvgIpc) is 2.49. The molecule has 0 aliphatic carbocycles.